The van der Waals surface area contributed by atoms with Gasteiger partial charge >= 0.3 is 5.97 Å². The van der Waals surface area contributed by atoms with Gasteiger partial charge in [0.2, 0.25) is 0 Å². The van der Waals surface area contributed by atoms with E-state index in [1.807, 2.05) is 0 Å². The van der Waals surface area contributed by atoms with Gasteiger partial charge in [0.05, 0.1) is 6.54 Å². The summed E-state index contributed by atoms with van der Waals surface area (Å²) >= 11 is 3.24. The number of aliphatic hydroxyl groups excluding tert-OH is 1. The molecule has 0 heterocycles. The number of carboxylic acid groups (broad SMARTS) is 1. The van der Waals surface area contributed by atoms with Crippen molar-refractivity contribution < 1.29 is 19.8 Å². The van der Waals surface area contributed by atoms with E-state index in [4.69, 9.17) is 10.2 Å². The fraction of sp³-hybridized carbons (Fsp3) is 0.273. The molecule has 1 rings (SSSR count). The van der Waals surface area contributed by atoms with Gasteiger partial charge in [-0.2, -0.15) is 0 Å². The average molecular weight is 302 g/mol. The highest BCUT2D eigenvalue weighted by molar-refractivity contribution is 9.10. The smallest absolute Gasteiger partial charge is 0.334 e. The van der Waals surface area contributed by atoms with E-state index < -0.39 is 18.0 Å². The fourth-order valence-corrected chi connectivity index (χ4v) is 1.57. The van der Waals surface area contributed by atoms with Crippen molar-refractivity contribution in [3.05, 3.63) is 33.8 Å². The second-order valence-electron chi connectivity index (χ2n) is 3.52. The lowest BCUT2D eigenvalue weighted by Gasteiger charge is -2.09. The van der Waals surface area contributed by atoms with Crippen LogP contribution in [0.25, 0.3) is 0 Å². The number of aliphatic hydroxyl groups is 1. The number of carbonyl (C=O) groups is 2. The van der Waals surface area contributed by atoms with Crippen LogP contribution in [-0.2, 0) is 4.79 Å². The Balaban J connectivity index is 2.70. The number of hydrogen-bond acceptors (Lipinski definition) is 3. The summed E-state index contributed by atoms with van der Waals surface area (Å²) in [5.74, 6) is -1.78. The largest absolute Gasteiger partial charge is 0.479 e. The monoisotopic (exact) mass is 301 g/mol. The van der Waals surface area contributed by atoms with E-state index in [1.54, 1.807) is 25.1 Å². The first-order valence-corrected chi connectivity index (χ1v) is 5.66. The molecule has 0 saturated carbocycles. The lowest BCUT2D eigenvalue weighted by atomic mass is 10.1. The molecule has 0 aromatic heterocycles. The molecule has 1 aromatic rings. The molecule has 1 amide bonds. The van der Waals surface area contributed by atoms with Crippen molar-refractivity contribution >= 4 is 27.8 Å². The predicted octanol–water partition coefficient (Wildman–Crippen LogP) is 0.933. The average Bonchev–Trinajstić information content (AvgIpc) is 2.28. The molecule has 0 spiro atoms. The maximum Gasteiger partial charge on any atom is 0.334 e. The van der Waals surface area contributed by atoms with E-state index in [2.05, 4.69) is 21.2 Å². The van der Waals surface area contributed by atoms with Crippen LogP contribution in [0, 0.1) is 6.92 Å². The van der Waals surface area contributed by atoms with E-state index in [-0.39, 0.29) is 6.54 Å². The lowest BCUT2D eigenvalue weighted by molar-refractivity contribution is -0.146. The molecule has 0 fully saturated rings. The highest BCUT2D eigenvalue weighted by Crippen LogP contribution is 2.15. The summed E-state index contributed by atoms with van der Waals surface area (Å²) in [6.07, 6.45) is -1.59. The van der Waals surface area contributed by atoms with Crippen LogP contribution in [0.3, 0.4) is 0 Å². The number of nitrogens with one attached hydrogen (secondary N) is 1. The van der Waals surface area contributed by atoms with E-state index in [9.17, 15) is 9.59 Å². The summed E-state index contributed by atoms with van der Waals surface area (Å²) in [6, 6.07) is 5.21. The summed E-state index contributed by atoms with van der Waals surface area (Å²) in [5.41, 5.74) is 1.22. The highest BCUT2D eigenvalue weighted by Gasteiger charge is 2.15. The van der Waals surface area contributed by atoms with Gasteiger partial charge in [-0.25, -0.2) is 4.79 Å². The minimum absolute atomic E-state index is 0.319. The quantitative estimate of drug-likeness (QED) is 0.772. The SMILES string of the molecule is Cc1ccc(Br)cc1C(=O)NC[C@H](O)C(=O)O. The molecule has 0 aliphatic rings. The molecular weight excluding hydrogens is 290 g/mol. The molecule has 1 atom stereocenters. The summed E-state index contributed by atoms with van der Waals surface area (Å²) in [5, 5.41) is 19.8. The van der Waals surface area contributed by atoms with Crippen LogP contribution in [0.5, 0.6) is 0 Å². The number of carbonyl (C=O) groups excluding carboxylic acids is 1. The number of aryl methyl sites for hydroxylation is 1. The van der Waals surface area contributed by atoms with Crippen molar-refractivity contribution in [1.82, 2.24) is 5.32 Å². The Kier molecular flexibility index (Phi) is 4.65. The van der Waals surface area contributed by atoms with Gasteiger partial charge in [0.25, 0.3) is 5.91 Å². The highest BCUT2D eigenvalue weighted by atomic mass is 79.9. The van der Waals surface area contributed by atoms with Gasteiger partial charge in [-0.3, -0.25) is 4.79 Å². The molecule has 1 aromatic carbocycles. The van der Waals surface area contributed by atoms with Crippen LogP contribution in [0.15, 0.2) is 22.7 Å². The van der Waals surface area contributed by atoms with Crippen LogP contribution in [-0.4, -0.2) is 34.7 Å². The van der Waals surface area contributed by atoms with Gasteiger partial charge in [0.1, 0.15) is 0 Å². The Morgan fingerprint density at radius 1 is 1.47 bits per heavy atom. The standard InChI is InChI=1S/C11H12BrNO4/c1-6-2-3-7(12)4-8(6)10(15)13-5-9(14)11(16)17/h2-4,9,14H,5H2,1H3,(H,13,15)(H,16,17)/t9-/m0/s1. The van der Waals surface area contributed by atoms with Crippen LogP contribution in [0.2, 0.25) is 0 Å². The Morgan fingerprint density at radius 3 is 2.71 bits per heavy atom. The summed E-state index contributed by atoms with van der Waals surface area (Å²) in [7, 11) is 0. The molecule has 0 saturated heterocycles. The number of carboxylic acids is 1. The number of benzene rings is 1. The maximum atomic E-state index is 11.7. The molecule has 0 unspecified atom stereocenters. The first-order valence-electron chi connectivity index (χ1n) is 4.87. The van der Waals surface area contributed by atoms with Gasteiger partial charge < -0.3 is 15.5 Å². The first-order chi connectivity index (χ1) is 7.91. The third-order valence-corrected chi connectivity index (χ3v) is 2.68. The van der Waals surface area contributed by atoms with Crippen molar-refractivity contribution in [3.63, 3.8) is 0 Å². The summed E-state index contributed by atoms with van der Waals surface area (Å²) in [6.45, 7) is 1.45. The molecule has 92 valence electrons. The maximum absolute atomic E-state index is 11.7. The van der Waals surface area contributed by atoms with Crippen LogP contribution in [0.4, 0.5) is 0 Å². The van der Waals surface area contributed by atoms with Gasteiger partial charge in [-0.05, 0) is 24.6 Å². The normalized spacial score (nSPS) is 11.9. The van der Waals surface area contributed by atoms with Crippen molar-refractivity contribution in [2.45, 2.75) is 13.0 Å². The van der Waals surface area contributed by atoms with Gasteiger partial charge in [-0.1, -0.05) is 22.0 Å². The van der Waals surface area contributed by atoms with E-state index in [1.165, 1.54) is 0 Å². The number of hydrogen-bond donors (Lipinski definition) is 3. The van der Waals surface area contributed by atoms with E-state index in [0.717, 1.165) is 10.0 Å². The van der Waals surface area contributed by atoms with E-state index in [0.29, 0.717) is 5.56 Å². The van der Waals surface area contributed by atoms with Crippen LogP contribution < -0.4 is 5.32 Å². The van der Waals surface area contributed by atoms with Crippen molar-refractivity contribution in [3.8, 4) is 0 Å². The van der Waals surface area contributed by atoms with Crippen molar-refractivity contribution in [2.24, 2.45) is 0 Å². The molecule has 0 aliphatic heterocycles. The number of halogens is 1. The topological polar surface area (TPSA) is 86.6 Å². The third-order valence-electron chi connectivity index (χ3n) is 2.19. The molecular formula is C11H12BrNO4. The Labute approximate surface area is 107 Å². The van der Waals surface area contributed by atoms with E-state index >= 15 is 0 Å². The predicted molar refractivity (Wildman–Crippen MR) is 64.9 cm³/mol. The zero-order valence-corrected chi connectivity index (χ0v) is 10.7. The number of rotatable bonds is 4. The Bertz CT molecular complexity index is 447. The third kappa shape index (κ3) is 3.83. The molecule has 0 bridgehead atoms. The molecule has 5 nitrogen and oxygen atoms in total. The van der Waals surface area contributed by atoms with Crippen molar-refractivity contribution in [1.29, 1.82) is 0 Å². The lowest BCUT2D eigenvalue weighted by Crippen LogP contribution is -2.36. The number of aliphatic carboxylic acids is 1. The summed E-state index contributed by atoms with van der Waals surface area (Å²) in [4.78, 5) is 22.1. The van der Waals surface area contributed by atoms with Gasteiger partial charge in [0, 0.05) is 10.0 Å². The molecule has 3 N–H and O–H groups in total. The first kappa shape index (κ1) is 13.7. The fourth-order valence-electron chi connectivity index (χ4n) is 1.21. The second-order valence-corrected chi connectivity index (χ2v) is 4.44. The van der Waals surface area contributed by atoms with Crippen LogP contribution in [0.1, 0.15) is 15.9 Å². The second kappa shape index (κ2) is 5.79. The Hall–Kier alpha value is -1.40. The van der Waals surface area contributed by atoms with Crippen LogP contribution >= 0.6 is 15.9 Å². The molecule has 0 aliphatic carbocycles. The van der Waals surface area contributed by atoms with Crippen molar-refractivity contribution in [2.75, 3.05) is 6.54 Å². The molecule has 17 heavy (non-hydrogen) atoms. The minimum atomic E-state index is -1.59. The zero-order chi connectivity index (χ0) is 13.0. The Morgan fingerprint density at radius 2 is 2.12 bits per heavy atom. The van der Waals surface area contributed by atoms with Gasteiger partial charge in [-0.15, -0.1) is 0 Å². The number of amides is 1. The minimum Gasteiger partial charge on any atom is -0.479 e. The molecule has 0 radical (unpaired) electrons. The zero-order valence-electron chi connectivity index (χ0n) is 9.11. The summed E-state index contributed by atoms with van der Waals surface area (Å²) < 4.78 is 0.757. The molecule has 6 heteroatoms. The van der Waals surface area contributed by atoms with Gasteiger partial charge in [0.15, 0.2) is 6.10 Å².